The maximum atomic E-state index is 10.4. The molecule has 0 aliphatic carbocycles. The third kappa shape index (κ3) is 3.25. The summed E-state index contributed by atoms with van der Waals surface area (Å²) in [5.74, 6) is -0.956. The van der Waals surface area contributed by atoms with Gasteiger partial charge in [0.15, 0.2) is 0 Å². The number of thiazole rings is 1. The van der Waals surface area contributed by atoms with Gasteiger partial charge in [-0.05, 0) is 18.2 Å². The summed E-state index contributed by atoms with van der Waals surface area (Å²) in [6, 6.07) is 7.83. The van der Waals surface area contributed by atoms with Crippen LogP contribution in [-0.4, -0.2) is 16.1 Å². The number of nitrogens with zero attached hydrogens (tertiary/aromatic N) is 1. The molecule has 0 saturated carbocycles. The van der Waals surface area contributed by atoms with Crippen molar-refractivity contribution in [2.45, 2.75) is 0 Å². The van der Waals surface area contributed by atoms with E-state index in [1.165, 1.54) is 11.3 Å². The number of carboxylic acids is 1. The normalized spacial score (nSPS) is 10.9. The summed E-state index contributed by atoms with van der Waals surface area (Å²) in [5, 5.41) is 9.40. The second-order valence-corrected chi connectivity index (χ2v) is 5.23. The van der Waals surface area contributed by atoms with E-state index in [1.54, 1.807) is 12.3 Å². The average molecular weight is 310 g/mol. The molecule has 0 bridgehead atoms. The molecule has 2 aromatic rings. The van der Waals surface area contributed by atoms with E-state index in [0.717, 1.165) is 26.0 Å². The Morgan fingerprint density at radius 1 is 1.47 bits per heavy atom. The summed E-state index contributed by atoms with van der Waals surface area (Å²) in [6.45, 7) is 0. The van der Waals surface area contributed by atoms with E-state index >= 15 is 0 Å². The van der Waals surface area contributed by atoms with Crippen molar-refractivity contribution in [1.82, 2.24) is 4.98 Å². The molecule has 1 aromatic carbocycles. The molecule has 17 heavy (non-hydrogen) atoms. The first-order chi connectivity index (χ1) is 8.15. The molecule has 0 atom stereocenters. The van der Waals surface area contributed by atoms with Crippen LogP contribution in [0.1, 0.15) is 4.88 Å². The van der Waals surface area contributed by atoms with Gasteiger partial charge in [0.2, 0.25) is 0 Å². The Morgan fingerprint density at radius 3 is 3.00 bits per heavy atom. The molecule has 0 aliphatic heterocycles. The zero-order valence-corrected chi connectivity index (χ0v) is 11.0. The first kappa shape index (κ1) is 12.0. The molecular weight excluding hydrogens is 302 g/mol. The number of aromatic nitrogens is 1. The predicted octanol–water partition coefficient (Wildman–Crippen LogP) is 3.67. The van der Waals surface area contributed by atoms with E-state index in [9.17, 15) is 4.79 Å². The Balaban J connectivity index is 2.27. The molecule has 86 valence electrons. The number of benzene rings is 1. The molecule has 0 amide bonds. The van der Waals surface area contributed by atoms with Gasteiger partial charge in [0, 0.05) is 27.2 Å². The fourth-order valence-electron chi connectivity index (χ4n) is 1.27. The van der Waals surface area contributed by atoms with Crippen molar-refractivity contribution in [3.05, 3.63) is 45.9 Å². The molecule has 1 N–H and O–H groups in total. The van der Waals surface area contributed by atoms with Crippen LogP contribution in [0, 0.1) is 0 Å². The summed E-state index contributed by atoms with van der Waals surface area (Å²) < 4.78 is 0.993. The van der Waals surface area contributed by atoms with Crippen LogP contribution >= 0.6 is 27.3 Å². The fourth-order valence-corrected chi connectivity index (χ4v) is 2.49. The number of carboxylic acid groups (broad SMARTS) is 1. The summed E-state index contributed by atoms with van der Waals surface area (Å²) in [6.07, 6.45) is 4.32. The van der Waals surface area contributed by atoms with Crippen LogP contribution < -0.4 is 0 Å². The Labute approximate surface area is 111 Å². The van der Waals surface area contributed by atoms with Crippen LogP contribution in [0.4, 0.5) is 0 Å². The van der Waals surface area contributed by atoms with Gasteiger partial charge in [0.05, 0.1) is 0 Å². The molecule has 0 aliphatic rings. The van der Waals surface area contributed by atoms with Gasteiger partial charge in [0.1, 0.15) is 5.01 Å². The van der Waals surface area contributed by atoms with E-state index in [0.29, 0.717) is 0 Å². The number of aliphatic carboxylic acids is 1. The van der Waals surface area contributed by atoms with E-state index in [4.69, 9.17) is 5.11 Å². The number of rotatable bonds is 3. The second-order valence-electron chi connectivity index (χ2n) is 3.25. The van der Waals surface area contributed by atoms with Crippen molar-refractivity contribution >= 4 is 39.3 Å². The Morgan fingerprint density at radius 2 is 2.29 bits per heavy atom. The van der Waals surface area contributed by atoms with Gasteiger partial charge in [0.25, 0.3) is 0 Å². The van der Waals surface area contributed by atoms with Gasteiger partial charge in [-0.3, -0.25) is 0 Å². The summed E-state index contributed by atoms with van der Waals surface area (Å²) in [4.78, 5) is 15.5. The molecule has 0 saturated heterocycles. The second kappa shape index (κ2) is 5.25. The van der Waals surface area contributed by atoms with Gasteiger partial charge < -0.3 is 5.11 Å². The van der Waals surface area contributed by atoms with Gasteiger partial charge >= 0.3 is 5.97 Å². The number of carbonyl (C=O) groups is 1. The smallest absolute Gasteiger partial charge is 0.328 e. The topological polar surface area (TPSA) is 50.2 Å². The van der Waals surface area contributed by atoms with Crippen LogP contribution in [-0.2, 0) is 4.79 Å². The highest BCUT2D eigenvalue weighted by molar-refractivity contribution is 9.10. The lowest BCUT2D eigenvalue weighted by Gasteiger charge is -1.95. The van der Waals surface area contributed by atoms with Crippen LogP contribution in [0.5, 0.6) is 0 Å². The van der Waals surface area contributed by atoms with Crippen molar-refractivity contribution in [3.8, 4) is 10.6 Å². The lowest BCUT2D eigenvalue weighted by atomic mass is 10.2. The largest absolute Gasteiger partial charge is 0.478 e. The van der Waals surface area contributed by atoms with Crippen LogP contribution in [0.2, 0.25) is 0 Å². The number of hydrogen-bond donors (Lipinski definition) is 1. The number of hydrogen-bond acceptors (Lipinski definition) is 3. The van der Waals surface area contributed by atoms with E-state index in [1.807, 2.05) is 24.3 Å². The molecule has 1 aromatic heterocycles. The van der Waals surface area contributed by atoms with E-state index in [2.05, 4.69) is 20.9 Å². The predicted molar refractivity (Wildman–Crippen MR) is 71.9 cm³/mol. The molecule has 0 spiro atoms. The summed E-state index contributed by atoms with van der Waals surface area (Å²) in [5.41, 5.74) is 1.01. The van der Waals surface area contributed by atoms with Crippen molar-refractivity contribution in [3.63, 3.8) is 0 Å². The van der Waals surface area contributed by atoms with Crippen molar-refractivity contribution in [2.75, 3.05) is 0 Å². The molecule has 1 heterocycles. The van der Waals surface area contributed by atoms with Gasteiger partial charge in [-0.2, -0.15) is 0 Å². The highest BCUT2D eigenvalue weighted by Gasteiger charge is 2.03. The quantitative estimate of drug-likeness (QED) is 0.880. The van der Waals surface area contributed by atoms with Crippen LogP contribution in [0.3, 0.4) is 0 Å². The third-order valence-corrected chi connectivity index (χ3v) is 3.49. The Hall–Kier alpha value is -1.46. The summed E-state index contributed by atoms with van der Waals surface area (Å²) in [7, 11) is 0. The molecule has 0 radical (unpaired) electrons. The average Bonchev–Trinajstić information content (AvgIpc) is 2.75. The summed E-state index contributed by atoms with van der Waals surface area (Å²) >= 11 is 4.86. The van der Waals surface area contributed by atoms with E-state index < -0.39 is 5.97 Å². The maximum absolute atomic E-state index is 10.4. The van der Waals surface area contributed by atoms with Crippen molar-refractivity contribution in [1.29, 1.82) is 0 Å². The minimum atomic E-state index is -0.956. The molecule has 5 heteroatoms. The standard InChI is InChI=1S/C12H8BrNO2S/c13-9-3-1-2-8(6-9)12-14-7-10(17-12)4-5-11(15)16/h1-7H,(H,15,16)/b5-4+. The van der Waals surface area contributed by atoms with Gasteiger partial charge in [-0.15, -0.1) is 11.3 Å². The van der Waals surface area contributed by atoms with Gasteiger partial charge in [-0.1, -0.05) is 28.1 Å². The minimum absolute atomic E-state index is 0.822. The zero-order valence-electron chi connectivity index (χ0n) is 8.63. The lowest BCUT2D eigenvalue weighted by Crippen LogP contribution is -1.84. The minimum Gasteiger partial charge on any atom is -0.478 e. The molecule has 3 nitrogen and oxygen atoms in total. The monoisotopic (exact) mass is 309 g/mol. The fraction of sp³-hybridized carbons (Fsp3) is 0. The maximum Gasteiger partial charge on any atom is 0.328 e. The van der Waals surface area contributed by atoms with Crippen molar-refractivity contribution < 1.29 is 9.90 Å². The highest BCUT2D eigenvalue weighted by atomic mass is 79.9. The van der Waals surface area contributed by atoms with E-state index in [-0.39, 0.29) is 0 Å². The molecule has 2 rings (SSSR count). The Bertz CT molecular complexity index is 577. The zero-order chi connectivity index (χ0) is 12.3. The first-order valence-corrected chi connectivity index (χ1v) is 6.39. The lowest BCUT2D eigenvalue weighted by molar-refractivity contribution is -0.131. The van der Waals surface area contributed by atoms with Gasteiger partial charge in [-0.25, -0.2) is 9.78 Å². The van der Waals surface area contributed by atoms with Crippen LogP contribution in [0.15, 0.2) is 41.0 Å². The Kier molecular flexibility index (Phi) is 3.71. The molecular formula is C12H8BrNO2S. The molecule has 0 unspecified atom stereocenters. The third-order valence-electron chi connectivity index (χ3n) is 1.99. The molecule has 0 fully saturated rings. The first-order valence-electron chi connectivity index (χ1n) is 4.78. The SMILES string of the molecule is O=C(O)/C=C/c1cnc(-c2cccc(Br)c2)s1. The number of halogens is 1. The van der Waals surface area contributed by atoms with Crippen LogP contribution in [0.25, 0.3) is 16.6 Å². The highest BCUT2D eigenvalue weighted by Crippen LogP contribution is 2.27. The van der Waals surface area contributed by atoms with Crippen molar-refractivity contribution in [2.24, 2.45) is 0 Å².